The number of benzene rings is 1. The van der Waals surface area contributed by atoms with E-state index in [-0.39, 0.29) is 0 Å². The van der Waals surface area contributed by atoms with E-state index in [2.05, 4.69) is 10.3 Å². The van der Waals surface area contributed by atoms with E-state index in [1.54, 1.807) is 38.1 Å². The number of sulfone groups is 1. The van der Waals surface area contributed by atoms with Crippen molar-refractivity contribution in [3.8, 4) is 0 Å². The Kier molecular flexibility index (Phi) is 3.75. The van der Waals surface area contributed by atoms with Crippen molar-refractivity contribution in [2.75, 3.05) is 13.1 Å². The van der Waals surface area contributed by atoms with Gasteiger partial charge in [0.2, 0.25) is 9.84 Å². The third-order valence-electron chi connectivity index (χ3n) is 3.12. The van der Waals surface area contributed by atoms with Crippen molar-refractivity contribution in [1.29, 1.82) is 0 Å². The maximum atomic E-state index is 12.7. The average Bonchev–Trinajstić information content (AvgIpc) is 2.51. The van der Waals surface area contributed by atoms with E-state index in [0.29, 0.717) is 34.3 Å². The van der Waals surface area contributed by atoms with Crippen molar-refractivity contribution < 1.29 is 8.42 Å². The first-order chi connectivity index (χ1) is 8.93. The molecule has 2 rings (SSSR count). The SMILES string of the molecule is CC1=NCCNC(C)=C1S(=O)(=O)c1ccc(C)cc1. The maximum absolute atomic E-state index is 12.7. The molecule has 0 aromatic heterocycles. The number of aliphatic imine (C=N–C) groups is 1. The predicted molar refractivity (Wildman–Crippen MR) is 77.0 cm³/mol. The first kappa shape index (κ1) is 13.8. The van der Waals surface area contributed by atoms with E-state index in [1.807, 2.05) is 6.92 Å². The van der Waals surface area contributed by atoms with E-state index < -0.39 is 9.84 Å². The monoisotopic (exact) mass is 278 g/mol. The summed E-state index contributed by atoms with van der Waals surface area (Å²) in [6.45, 7) is 6.72. The van der Waals surface area contributed by atoms with Gasteiger partial charge < -0.3 is 5.32 Å². The van der Waals surface area contributed by atoms with E-state index in [1.165, 1.54) is 0 Å². The van der Waals surface area contributed by atoms with Crippen molar-refractivity contribution in [3.05, 3.63) is 40.4 Å². The lowest BCUT2D eigenvalue weighted by Gasteiger charge is -2.12. The molecular weight excluding hydrogens is 260 g/mol. The summed E-state index contributed by atoms with van der Waals surface area (Å²) in [5, 5.41) is 3.10. The van der Waals surface area contributed by atoms with Gasteiger partial charge in [0, 0.05) is 12.2 Å². The number of allylic oxidation sites excluding steroid dienone is 2. The first-order valence-corrected chi connectivity index (χ1v) is 7.69. The van der Waals surface area contributed by atoms with E-state index in [4.69, 9.17) is 0 Å². The second kappa shape index (κ2) is 5.17. The Labute approximate surface area is 114 Å². The van der Waals surface area contributed by atoms with Crippen LogP contribution < -0.4 is 5.32 Å². The zero-order valence-electron chi connectivity index (χ0n) is 11.4. The lowest BCUT2D eigenvalue weighted by molar-refractivity contribution is 0.602. The molecule has 0 fully saturated rings. The van der Waals surface area contributed by atoms with Gasteiger partial charge in [-0.2, -0.15) is 0 Å². The van der Waals surface area contributed by atoms with Gasteiger partial charge >= 0.3 is 0 Å². The third-order valence-corrected chi connectivity index (χ3v) is 5.15. The van der Waals surface area contributed by atoms with Crippen LogP contribution in [0.15, 0.2) is 44.8 Å². The second-order valence-electron chi connectivity index (χ2n) is 4.66. The number of nitrogens with zero attached hydrogens (tertiary/aromatic N) is 1. The molecule has 19 heavy (non-hydrogen) atoms. The molecule has 4 nitrogen and oxygen atoms in total. The Hall–Kier alpha value is -1.62. The van der Waals surface area contributed by atoms with Crippen molar-refractivity contribution in [2.45, 2.75) is 25.7 Å². The van der Waals surface area contributed by atoms with Gasteiger partial charge in [-0.3, -0.25) is 4.99 Å². The fraction of sp³-hybridized carbons (Fsp3) is 0.357. The minimum Gasteiger partial charge on any atom is -0.386 e. The molecule has 5 heteroatoms. The molecule has 1 aromatic rings. The molecule has 0 saturated heterocycles. The van der Waals surface area contributed by atoms with Crippen LogP contribution in [-0.2, 0) is 9.84 Å². The van der Waals surface area contributed by atoms with Crippen LogP contribution in [0.2, 0.25) is 0 Å². The molecular formula is C14H18N2O2S. The van der Waals surface area contributed by atoms with Crippen LogP contribution in [0.25, 0.3) is 0 Å². The number of rotatable bonds is 2. The third kappa shape index (κ3) is 2.71. The van der Waals surface area contributed by atoms with Gasteiger partial charge in [0.25, 0.3) is 0 Å². The van der Waals surface area contributed by atoms with Gasteiger partial charge in [-0.25, -0.2) is 8.42 Å². The van der Waals surface area contributed by atoms with Gasteiger partial charge in [0.05, 0.1) is 17.2 Å². The molecule has 0 amide bonds. The summed E-state index contributed by atoms with van der Waals surface area (Å²) in [4.78, 5) is 4.89. The number of aryl methyl sites for hydroxylation is 1. The number of hydrogen-bond donors (Lipinski definition) is 1. The fourth-order valence-corrected chi connectivity index (χ4v) is 3.78. The predicted octanol–water partition coefficient (Wildman–Crippen LogP) is 2.06. The van der Waals surface area contributed by atoms with Crippen molar-refractivity contribution >= 4 is 15.5 Å². The van der Waals surface area contributed by atoms with E-state index in [9.17, 15) is 8.42 Å². The smallest absolute Gasteiger partial charge is 0.210 e. The Morgan fingerprint density at radius 2 is 1.74 bits per heavy atom. The minimum atomic E-state index is -3.51. The van der Waals surface area contributed by atoms with Gasteiger partial charge in [-0.05, 0) is 32.9 Å². The summed E-state index contributed by atoms with van der Waals surface area (Å²) >= 11 is 0. The molecule has 102 valence electrons. The highest BCUT2D eigenvalue weighted by Crippen LogP contribution is 2.23. The number of hydrogen-bond acceptors (Lipinski definition) is 4. The molecule has 1 aliphatic heterocycles. The fourth-order valence-electron chi connectivity index (χ4n) is 2.12. The Balaban J connectivity index is 2.57. The summed E-state index contributed by atoms with van der Waals surface area (Å²) in [5.41, 5.74) is 2.27. The van der Waals surface area contributed by atoms with Crippen LogP contribution >= 0.6 is 0 Å². The molecule has 0 radical (unpaired) electrons. The maximum Gasteiger partial charge on any atom is 0.210 e. The molecule has 1 aromatic carbocycles. The van der Waals surface area contributed by atoms with Gasteiger partial charge in [0.1, 0.15) is 4.91 Å². The lowest BCUT2D eigenvalue weighted by atomic mass is 10.2. The molecule has 1 aliphatic rings. The lowest BCUT2D eigenvalue weighted by Crippen LogP contribution is -2.19. The normalized spacial score (nSPS) is 16.7. The highest BCUT2D eigenvalue weighted by atomic mass is 32.2. The van der Waals surface area contributed by atoms with Crippen molar-refractivity contribution in [1.82, 2.24) is 5.32 Å². The zero-order valence-corrected chi connectivity index (χ0v) is 12.2. The molecule has 0 saturated carbocycles. The quantitative estimate of drug-likeness (QED) is 0.901. The van der Waals surface area contributed by atoms with Crippen LogP contribution in [-0.4, -0.2) is 27.2 Å². The largest absolute Gasteiger partial charge is 0.386 e. The molecule has 0 unspecified atom stereocenters. The minimum absolute atomic E-state index is 0.300. The van der Waals surface area contributed by atoms with Gasteiger partial charge in [-0.15, -0.1) is 0 Å². The topological polar surface area (TPSA) is 58.5 Å². The van der Waals surface area contributed by atoms with Gasteiger partial charge in [-0.1, -0.05) is 17.7 Å². The summed E-state index contributed by atoms with van der Waals surface area (Å²) in [6.07, 6.45) is 0. The molecule has 1 heterocycles. The molecule has 0 spiro atoms. The first-order valence-electron chi connectivity index (χ1n) is 6.21. The van der Waals surface area contributed by atoms with Crippen LogP contribution in [0.3, 0.4) is 0 Å². The molecule has 1 N–H and O–H groups in total. The summed E-state index contributed by atoms with van der Waals surface area (Å²) in [5.74, 6) is 0. The van der Waals surface area contributed by atoms with Gasteiger partial charge in [0.15, 0.2) is 0 Å². The second-order valence-corrected chi connectivity index (χ2v) is 6.55. The Morgan fingerprint density at radius 1 is 1.11 bits per heavy atom. The van der Waals surface area contributed by atoms with Crippen LogP contribution in [0.5, 0.6) is 0 Å². The molecule has 0 bridgehead atoms. The molecule has 0 aliphatic carbocycles. The standard InChI is InChI=1S/C14H18N2O2S/c1-10-4-6-13(7-5-10)19(17,18)14-11(2)15-8-9-16-12(14)3/h4-7,15H,8-9H2,1-3H3. The average molecular weight is 278 g/mol. The van der Waals surface area contributed by atoms with Crippen LogP contribution in [0.4, 0.5) is 0 Å². The summed E-state index contributed by atoms with van der Waals surface area (Å²) in [7, 11) is -3.51. The highest BCUT2D eigenvalue weighted by Gasteiger charge is 2.26. The Bertz CT molecular complexity index is 641. The Morgan fingerprint density at radius 3 is 2.37 bits per heavy atom. The van der Waals surface area contributed by atoms with Crippen LogP contribution in [0, 0.1) is 6.92 Å². The van der Waals surface area contributed by atoms with E-state index >= 15 is 0 Å². The zero-order chi connectivity index (χ0) is 14.0. The summed E-state index contributed by atoms with van der Waals surface area (Å²) in [6, 6.07) is 6.89. The van der Waals surface area contributed by atoms with E-state index in [0.717, 1.165) is 5.56 Å². The van der Waals surface area contributed by atoms with Crippen molar-refractivity contribution in [2.24, 2.45) is 4.99 Å². The van der Waals surface area contributed by atoms with Crippen LogP contribution in [0.1, 0.15) is 19.4 Å². The number of nitrogens with one attached hydrogen (secondary N) is 1. The summed E-state index contributed by atoms with van der Waals surface area (Å²) < 4.78 is 25.4. The van der Waals surface area contributed by atoms with Crippen molar-refractivity contribution in [3.63, 3.8) is 0 Å². The highest BCUT2D eigenvalue weighted by molar-refractivity contribution is 7.96. The molecule has 0 atom stereocenters.